The summed E-state index contributed by atoms with van der Waals surface area (Å²) in [4.78, 5) is 0. The minimum absolute atomic E-state index is 0. The molecule has 27 heavy (non-hydrogen) atoms. The molecule has 0 aliphatic rings. The largest absolute Gasteiger partial charge is 4.00 e. The quantitative estimate of drug-likeness (QED) is 0.240. The van der Waals surface area contributed by atoms with Crippen molar-refractivity contribution in [2.75, 3.05) is 0 Å². The second kappa shape index (κ2) is 13.5. The summed E-state index contributed by atoms with van der Waals surface area (Å²) in [7, 11) is 1.86. The number of aryl methyl sites for hydroxylation is 4. The third-order valence-corrected chi connectivity index (χ3v) is 4.50. The average Bonchev–Trinajstić information content (AvgIpc) is 3.27. The molecule has 0 unspecified atom stereocenters. The summed E-state index contributed by atoms with van der Waals surface area (Å²) in [6.07, 6.45) is 0. The Balaban J connectivity index is 0. The predicted molar refractivity (Wildman–Crippen MR) is 112 cm³/mol. The van der Waals surface area contributed by atoms with Crippen molar-refractivity contribution in [1.29, 1.82) is 0 Å². The van der Waals surface area contributed by atoms with Gasteiger partial charge in [0, 0.05) is 10.2 Å². The van der Waals surface area contributed by atoms with Crippen LogP contribution in [0.15, 0.2) is 60.7 Å². The summed E-state index contributed by atoms with van der Waals surface area (Å²) in [5, 5.41) is 5.57. The van der Waals surface area contributed by atoms with Crippen LogP contribution in [0.5, 0.6) is 0 Å². The van der Waals surface area contributed by atoms with Crippen LogP contribution >= 0.6 is 0 Å². The van der Waals surface area contributed by atoms with E-state index in [0.717, 1.165) is 0 Å². The molecule has 0 aliphatic carbocycles. The first-order valence-corrected chi connectivity index (χ1v) is 9.93. The molecular weight excluding hydrogens is 466 g/mol. The molecule has 0 aromatic heterocycles. The maximum Gasteiger partial charge on any atom is 4.00 e. The van der Waals surface area contributed by atoms with E-state index in [9.17, 15) is 0 Å². The Hall–Kier alpha value is -0.660. The predicted octanol–water partition coefficient (Wildman–Crippen LogP) is 0.0242. The summed E-state index contributed by atoms with van der Waals surface area (Å²) in [6, 6.07) is 21.7. The topological polar surface area (TPSA) is 0 Å². The number of benzene rings is 2. The average molecular weight is 494 g/mol. The molecule has 141 valence electrons. The molecule has 0 amide bonds. The zero-order valence-corrected chi connectivity index (χ0v) is 22.1. The zero-order chi connectivity index (χ0) is 17.7. The first kappa shape index (κ1) is 28.5. The molecule has 4 heteroatoms. The molecule has 0 saturated carbocycles. The molecule has 0 saturated heterocycles. The number of fused-ring (bicyclic) bond motifs is 2. The van der Waals surface area contributed by atoms with E-state index in [1.807, 2.05) is 16.8 Å². The van der Waals surface area contributed by atoms with Crippen LogP contribution < -0.4 is 24.8 Å². The zero-order valence-electron chi connectivity index (χ0n) is 16.7. The van der Waals surface area contributed by atoms with Gasteiger partial charge < -0.3 is 24.8 Å². The smallest absolute Gasteiger partial charge is 1.00 e. The molecule has 4 aromatic carbocycles. The van der Waals surface area contributed by atoms with Crippen LogP contribution in [0.25, 0.3) is 21.5 Å². The minimum Gasteiger partial charge on any atom is -1.00 e. The maximum atomic E-state index is 2.18. The Morgan fingerprint density at radius 1 is 0.556 bits per heavy atom. The van der Waals surface area contributed by atoms with Crippen LogP contribution in [0.1, 0.15) is 22.3 Å². The van der Waals surface area contributed by atoms with Gasteiger partial charge in [-0.25, -0.2) is 0 Å². The van der Waals surface area contributed by atoms with E-state index in [0.29, 0.717) is 0 Å². The van der Waals surface area contributed by atoms with Gasteiger partial charge in [0.25, 0.3) is 0 Å². The van der Waals surface area contributed by atoms with E-state index in [-0.39, 0.29) is 51.0 Å². The van der Waals surface area contributed by atoms with Gasteiger partial charge in [-0.15, -0.1) is 56.9 Å². The van der Waals surface area contributed by atoms with Crippen LogP contribution in [-0.2, 0) is 26.2 Å². The van der Waals surface area contributed by atoms with E-state index in [2.05, 4.69) is 88.4 Å². The van der Waals surface area contributed by atoms with E-state index in [1.54, 1.807) is 0 Å². The third-order valence-electron chi connectivity index (χ3n) is 4.50. The number of hydrogen-bond acceptors (Lipinski definition) is 0. The van der Waals surface area contributed by atoms with Crippen molar-refractivity contribution in [3.8, 4) is 0 Å². The molecular formula is C23H27Cl2SiZr. The van der Waals surface area contributed by atoms with Crippen LogP contribution in [0.4, 0.5) is 0 Å². The Bertz CT molecular complexity index is 788. The van der Waals surface area contributed by atoms with E-state index < -0.39 is 0 Å². The van der Waals surface area contributed by atoms with Gasteiger partial charge in [-0.1, -0.05) is 43.7 Å². The standard InChI is InChI=1S/2C11H11.CH5Si.2ClH.Zr/c2*1-8-6-7-9(2)11-5-3-4-10(8)11;1-2;;;/h2*3-7H,1-2H3;2H2,1H3;2*1H;/q2*-1;;;;+4/p-2. The molecule has 0 fully saturated rings. The van der Waals surface area contributed by atoms with Gasteiger partial charge in [-0.3, -0.25) is 0 Å². The van der Waals surface area contributed by atoms with Crippen LogP contribution in [0.2, 0.25) is 6.55 Å². The summed E-state index contributed by atoms with van der Waals surface area (Å²) >= 11 is 0. The fourth-order valence-electron chi connectivity index (χ4n) is 3.07. The maximum absolute atomic E-state index is 2.18. The van der Waals surface area contributed by atoms with Crippen molar-refractivity contribution in [2.24, 2.45) is 0 Å². The van der Waals surface area contributed by atoms with Gasteiger partial charge in [-0.2, -0.15) is 24.3 Å². The first-order chi connectivity index (χ1) is 11.6. The fraction of sp³-hybridized carbons (Fsp3) is 0.217. The fourth-order valence-corrected chi connectivity index (χ4v) is 3.07. The van der Waals surface area contributed by atoms with E-state index in [4.69, 9.17) is 0 Å². The molecule has 0 aliphatic heterocycles. The molecule has 4 rings (SSSR count). The number of rotatable bonds is 0. The van der Waals surface area contributed by atoms with Crippen molar-refractivity contribution in [3.05, 3.63) is 82.9 Å². The van der Waals surface area contributed by atoms with Gasteiger partial charge >= 0.3 is 26.2 Å². The molecule has 0 heterocycles. The monoisotopic (exact) mass is 491 g/mol. The van der Waals surface area contributed by atoms with Crippen molar-refractivity contribution in [2.45, 2.75) is 34.2 Å². The van der Waals surface area contributed by atoms with Crippen molar-refractivity contribution in [3.63, 3.8) is 0 Å². The summed E-state index contributed by atoms with van der Waals surface area (Å²) in [5.41, 5.74) is 5.48. The van der Waals surface area contributed by atoms with Gasteiger partial charge in [0.2, 0.25) is 0 Å². The molecule has 0 bridgehead atoms. The van der Waals surface area contributed by atoms with Crippen molar-refractivity contribution < 1.29 is 51.0 Å². The van der Waals surface area contributed by atoms with Crippen LogP contribution in [0, 0.1) is 27.7 Å². The molecule has 0 spiro atoms. The summed E-state index contributed by atoms with van der Waals surface area (Å²) < 4.78 is 0. The van der Waals surface area contributed by atoms with Gasteiger partial charge in [-0.05, 0) is 13.8 Å². The molecule has 0 atom stereocenters. The molecule has 1 radical (unpaired) electrons. The Labute approximate surface area is 198 Å². The second-order valence-electron chi connectivity index (χ2n) is 6.10. The third kappa shape index (κ3) is 6.71. The summed E-state index contributed by atoms with van der Waals surface area (Å²) in [5.74, 6) is 0. The van der Waals surface area contributed by atoms with Gasteiger partial charge in [0.15, 0.2) is 0 Å². The van der Waals surface area contributed by atoms with Gasteiger partial charge in [0.1, 0.15) is 0 Å². The Kier molecular flexibility index (Phi) is 14.3. The van der Waals surface area contributed by atoms with E-state index in [1.165, 1.54) is 43.8 Å². The summed E-state index contributed by atoms with van der Waals surface area (Å²) in [6.45, 7) is 10.6. The second-order valence-corrected chi connectivity index (χ2v) is 6.10. The number of hydrogen-bond donors (Lipinski definition) is 0. The molecule has 0 N–H and O–H groups in total. The van der Waals surface area contributed by atoms with Crippen LogP contribution in [-0.4, -0.2) is 10.2 Å². The molecule has 4 aromatic rings. The van der Waals surface area contributed by atoms with E-state index >= 15 is 0 Å². The van der Waals surface area contributed by atoms with Crippen molar-refractivity contribution in [1.82, 2.24) is 0 Å². The van der Waals surface area contributed by atoms with Crippen LogP contribution in [0.3, 0.4) is 0 Å². The number of halogens is 2. The Morgan fingerprint density at radius 3 is 1.15 bits per heavy atom. The molecule has 0 nitrogen and oxygen atoms in total. The van der Waals surface area contributed by atoms with Crippen molar-refractivity contribution >= 4 is 31.8 Å². The Morgan fingerprint density at radius 2 is 0.852 bits per heavy atom. The van der Waals surface area contributed by atoms with Gasteiger partial charge in [0.05, 0.1) is 0 Å². The minimum atomic E-state index is 0. The first-order valence-electron chi connectivity index (χ1n) is 8.52. The SMILES string of the molecule is C[SiH2].Cc1ccc(C)c2[cH-]ccc12.Cc1ccc(C)c2[cH-]ccc12.[Cl-].[Cl-].[Zr+4]. The normalized spacial score (nSPS) is 8.96.